The monoisotopic (exact) mass is 491 g/mol. The number of allylic oxidation sites excluding steroid dienone is 4. The fraction of sp³-hybridized carbons (Fsp3) is 0.310. The van der Waals surface area contributed by atoms with Gasteiger partial charge in [-0.1, -0.05) is 42.5 Å². The standard InChI is InChI=1S/C29H29N7O/c1-34-28(37)25-26(31-21-8-3-2-4-9-21)35(33-27(25)36-24-12-7-11-23(24)32-29(34)36)18-19-13-15-20(16-14-19)22-10-5-6-17-30-22/h2-6,8-10,13,15-17,19,23-24,31H,7,11-12,14,18H2,1H3/t19?,23-,24+/m1/s1. The third-order valence-electron chi connectivity index (χ3n) is 7.85. The van der Waals surface area contributed by atoms with E-state index >= 15 is 0 Å². The number of pyridine rings is 1. The zero-order chi connectivity index (χ0) is 24.9. The summed E-state index contributed by atoms with van der Waals surface area (Å²) in [5.41, 5.74) is 3.68. The number of amides is 1. The van der Waals surface area contributed by atoms with Gasteiger partial charge < -0.3 is 5.32 Å². The summed E-state index contributed by atoms with van der Waals surface area (Å²) in [5.74, 6) is 2.41. The van der Waals surface area contributed by atoms with Gasteiger partial charge in [-0.15, -0.1) is 0 Å². The van der Waals surface area contributed by atoms with Crippen molar-refractivity contribution in [2.45, 2.75) is 44.3 Å². The van der Waals surface area contributed by atoms with E-state index in [4.69, 9.17) is 10.1 Å². The Bertz CT molecular complexity index is 1440. The first kappa shape index (κ1) is 22.0. The van der Waals surface area contributed by atoms with Crippen molar-refractivity contribution in [2.75, 3.05) is 17.3 Å². The number of hydrogen-bond acceptors (Lipinski definition) is 6. The average molecular weight is 492 g/mol. The van der Waals surface area contributed by atoms with Crippen molar-refractivity contribution in [2.24, 2.45) is 10.9 Å². The predicted molar refractivity (Wildman–Crippen MR) is 145 cm³/mol. The summed E-state index contributed by atoms with van der Waals surface area (Å²) in [6.45, 7) is 0.663. The third-order valence-corrected chi connectivity index (χ3v) is 7.85. The second-order valence-corrected chi connectivity index (χ2v) is 10.2. The van der Waals surface area contributed by atoms with Crippen molar-refractivity contribution < 1.29 is 4.79 Å². The molecule has 0 spiro atoms. The number of rotatable bonds is 5. The number of anilines is 3. The first-order valence-corrected chi connectivity index (χ1v) is 13.0. The van der Waals surface area contributed by atoms with Crippen LogP contribution in [0.1, 0.15) is 41.7 Å². The van der Waals surface area contributed by atoms with E-state index in [1.807, 2.05) is 66.5 Å². The van der Waals surface area contributed by atoms with Gasteiger partial charge in [0.05, 0.1) is 17.8 Å². The molecule has 7 rings (SSSR count). The average Bonchev–Trinajstić information content (AvgIpc) is 3.63. The number of aromatic nitrogens is 3. The van der Waals surface area contributed by atoms with E-state index in [2.05, 4.69) is 33.4 Å². The van der Waals surface area contributed by atoms with Crippen LogP contribution in [0.25, 0.3) is 5.57 Å². The van der Waals surface area contributed by atoms with Crippen molar-refractivity contribution >= 4 is 34.8 Å². The molecule has 4 aliphatic rings. The van der Waals surface area contributed by atoms with Gasteiger partial charge in [0.1, 0.15) is 11.4 Å². The van der Waals surface area contributed by atoms with Gasteiger partial charge in [-0.3, -0.25) is 19.6 Å². The maximum atomic E-state index is 13.7. The van der Waals surface area contributed by atoms with E-state index in [1.54, 1.807) is 4.90 Å². The smallest absolute Gasteiger partial charge is 0.267 e. The van der Waals surface area contributed by atoms with Gasteiger partial charge in [0.25, 0.3) is 5.91 Å². The van der Waals surface area contributed by atoms with Gasteiger partial charge in [-0.2, -0.15) is 5.10 Å². The Labute approximate surface area is 216 Å². The molecule has 37 heavy (non-hydrogen) atoms. The lowest BCUT2D eigenvalue weighted by molar-refractivity contribution is 0.0866. The summed E-state index contributed by atoms with van der Waals surface area (Å²) in [6.07, 6.45) is 12.6. The molecule has 2 aliphatic heterocycles. The minimum absolute atomic E-state index is 0.0637. The number of carbonyl (C=O) groups excluding carboxylic acids is 1. The number of benzene rings is 1. The lowest BCUT2D eigenvalue weighted by Gasteiger charge is -2.34. The highest BCUT2D eigenvalue weighted by atomic mass is 16.2. The molecule has 2 aliphatic carbocycles. The molecular formula is C29H29N7O. The maximum Gasteiger partial charge on any atom is 0.267 e. The van der Waals surface area contributed by atoms with Crippen molar-refractivity contribution in [1.82, 2.24) is 19.7 Å². The quantitative estimate of drug-likeness (QED) is 0.551. The number of guanidine groups is 1. The van der Waals surface area contributed by atoms with E-state index in [0.29, 0.717) is 12.1 Å². The SMILES string of the molecule is CN1C(=O)c2c(nn(CC3C=CC(c4ccccn4)=CC3)c2Nc2ccccc2)N2C1=N[C@@H]1CCC[C@@H]12. The van der Waals surface area contributed by atoms with Crippen LogP contribution in [0.15, 0.2) is 77.9 Å². The molecular weight excluding hydrogens is 462 g/mol. The number of hydrogen-bond donors (Lipinski definition) is 1. The topological polar surface area (TPSA) is 78.7 Å². The summed E-state index contributed by atoms with van der Waals surface area (Å²) in [7, 11) is 1.83. The van der Waals surface area contributed by atoms with E-state index in [1.165, 1.54) is 0 Å². The van der Waals surface area contributed by atoms with Crippen LogP contribution < -0.4 is 10.2 Å². The Morgan fingerprint density at radius 2 is 1.95 bits per heavy atom. The van der Waals surface area contributed by atoms with Crippen LogP contribution in [0.3, 0.4) is 0 Å². The molecule has 1 aromatic carbocycles. The van der Waals surface area contributed by atoms with Gasteiger partial charge in [0.15, 0.2) is 5.82 Å². The zero-order valence-corrected chi connectivity index (χ0v) is 20.8. The molecule has 4 heterocycles. The number of nitrogens with one attached hydrogen (secondary N) is 1. The normalized spacial score (nSPS) is 23.9. The minimum atomic E-state index is -0.0637. The molecule has 1 fully saturated rings. The van der Waals surface area contributed by atoms with Crippen LogP contribution in [0.5, 0.6) is 0 Å². The maximum absolute atomic E-state index is 13.7. The van der Waals surface area contributed by atoms with Gasteiger partial charge in [-0.05, 0) is 55.5 Å². The van der Waals surface area contributed by atoms with E-state index < -0.39 is 0 Å². The fourth-order valence-electron chi connectivity index (χ4n) is 5.97. The van der Waals surface area contributed by atoms with Gasteiger partial charge in [-0.25, -0.2) is 9.67 Å². The number of nitrogens with zero attached hydrogens (tertiary/aromatic N) is 6. The van der Waals surface area contributed by atoms with Crippen LogP contribution >= 0.6 is 0 Å². The van der Waals surface area contributed by atoms with E-state index in [9.17, 15) is 4.79 Å². The van der Waals surface area contributed by atoms with Crippen molar-refractivity contribution in [3.63, 3.8) is 0 Å². The van der Waals surface area contributed by atoms with Crippen LogP contribution in [0.2, 0.25) is 0 Å². The largest absolute Gasteiger partial charge is 0.340 e. The van der Waals surface area contributed by atoms with Crippen LogP contribution in [-0.4, -0.2) is 50.7 Å². The molecule has 0 bridgehead atoms. The molecule has 3 atom stereocenters. The van der Waals surface area contributed by atoms with E-state index in [-0.39, 0.29) is 23.9 Å². The summed E-state index contributed by atoms with van der Waals surface area (Å²) in [4.78, 5) is 27.0. The Kier molecular flexibility index (Phi) is 5.20. The first-order valence-electron chi connectivity index (χ1n) is 13.0. The fourth-order valence-corrected chi connectivity index (χ4v) is 5.97. The molecule has 1 saturated carbocycles. The zero-order valence-electron chi connectivity index (χ0n) is 20.8. The Hall–Kier alpha value is -4.20. The number of aliphatic imine (C=N–C) groups is 1. The molecule has 1 N–H and O–H groups in total. The molecule has 8 nitrogen and oxygen atoms in total. The predicted octanol–water partition coefficient (Wildman–Crippen LogP) is 4.86. The highest BCUT2D eigenvalue weighted by Gasteiger charge is 2.49. The molecule has 8 heteroatoms. The summed E-state index contributed by atoms with van der Waals surface area (Å²) in [5, 5.41) is 8.62. The minimum Gasteiger partial charge on any atom is -0.340 e. The Balaban J connectivity index is 1.25. The molecule has 1 amide bonds. The van der Waals surface area contributed by atoms with Gasteiger partial charge in [0.2, 0.25) is 5.96 Å². The van der Waals surface area contributed by atoms with Crippen molar-refractivity contribution in [1.29, 1.82) is 0 Å². The van der Waals surface area contributed by atoms with Crippen LogP contribution in [0.4, 0.5) is 17.3 Å². The highest BCUT2D eigenvalue weighted by molar-refractivity contribution is 6.21. The summed E-state index contributed by atoms with van der Waals surface area (Å²) in [6, 6.07) is 16.5. The number of para-hydroxylation sites is 1. The Morgan fingerprint density at radius 3 is 2.73 bits per heavy atom. The molecule has 186 valence electrons. The highest BCUT2D eigenvalue weighted by Crippen LogP contribution is 2.43. The third kappa shape index (κ3) is 3.66. The molecule has 2 aromatic heterocycles. The summed E-state index contributed by atoms with van der Waals surface area (Å²) >= 11 is 0. The second kappa shape index (κ2) is 8.73. The summed E-state index contributed by atoms with van der Waals surface area (Å²) < 4.78 is 1.99. The van der Waals surface area contributed by atoms with Gasteiger partial charge >= 0.3 is 0 Å². The van der Waals surface area contributed by atoms with Crippen molar-refractivity contribution in [3.05, 3.63) is 84.2 Å². The number of carbonyl (C=O) groups is 1. The molecule has 0 radical (unpaired) electrons. The molecule has 0 saturated heterocycles. The van der Waals surface area contributed by atoms with Crippen LogP contribution in [0, 0.1) is 5.92 Å². The number of fused-ring (bicyclic) bond motifs is 5. The lowest BCUT2D eigenvalue weighted by Crippen LogP contribution is -2.51. The van der Waals surface area contributed by atoms with Gasteiger partial charge in [0, 0.05) is 31.4 Å². The van der Waals surface area contributed by atoms with E-state index in [0.717, 1.165) is 60.2 Å². The molecule has 1 unspecified atom stereocenters. The Morgan fingerprint density at radius 1 is 1.08 bits per heavy atom. The lowest BCUT2D eigenvalue weighted by atomic mass is 9.95. The van der Waals surface area contributed by atoms with Crippen LogP contribution in [-0.2, 0) is 6.54 Å². The second-order valence-electron chi connectivity index (χ2n) is 10.2. The molecule has 3 aromatic rings. The first-order chi connectivity index (χ1) is 18.2. The van der Waals surface area contributed by atoms with Crippen molar-refractivity contribution in [3.8, 4) is 0 Å².